The number of carbonyl (C=O) groups excluding carboxylic acids is 3. The van der Waals surface area contributed by atoms with E-state index >= 15 is 0 Å². The smallest absolute Gasteiger partial charge is 0.196 e. The van der Waals surface area contributed by atoms with Crippen LogP contribution in [0.4, 0.5) is 5.69 Å². The van der Waals surface area contributed by atoms with Gasteiger partial charge in [0, 0.05) is 22.1 Å². The van der Waals surface area contributed by atoms with E-state index in [4.69, 9.17) is 0 Å². The van der Waals surface area contributed by atoms with Crippen LogP contribution in [0.3, 0.4) is 0 Å². The maximum Gasteiger partial charge on any atom is 0.196 e. The Morgan fingerprint density at radius 1 is 0.750 bits per heavy atom. The van der Waals surface area contributed by atoms with Crippen molar-refractivity contribution in [3.8, 4) is 0 Å². The normalized spacial score (nSPS) is 10.7. The first kappa shape index (κ1) is 17.4. The number of aldehydes is 2. The number of ketones is 1. The zero-order chi connectivity index (χ0) is 19.7. The number of carbonyl (C=O) groups is 3. The molecular formula is C23H13NO4. The van der Waals surface area contributed by atoms with Crippen molar-refractivity contribution in [3.05, 3.63) is 93.9 Å². The molecule has 0 N–H and O–H groups in total. The Morgan fingerprint density at radius 2 is 1.39 bits per heavy atom. The molecule has 134 valence electrons. The zero-order valence-electron chi connectivity index (χ0n) is 14.6. The summed E-state index contributed by atoms with van der Waals surface area (Å²) in [7, 11) is 0. The van der Waals surface area contributed by atoms with Crippen LogP contribution in [-0.4, -0.2) is 18.4 Å². The lowest BCUT2D eigenvalue weighted by atomic mass is 9.89. The highest BCUT2D eigenvalue weighted by molar-refractivity contribution is 6.24. The summed E-state index contributed by atoms with van der Waals surface area (Å²) in [5, 5.41) is 5.48. The van der Waals surface area contributed by atoms with Crippen LogP contribution >= 0.6 is 0 Å². The first-order valence-corrected chi connectivity index (χ1v) is 8.55. The van der Waals surface area contributed by atoms with Gasteiger partial charge in [-0.15, -0.1) is 4.91 Å². The van der Waals surface area contributed by atoms with E-state index in [2.05, 4.69) is 5.18 Å². The van der Waals surface area contributed by atoms with Gasteiger partial charge in [-0.05, 0) is 33.5 Å². The summed E-state index contributed by atoms with van der Waals surface area (Å²) in [4.78, 5) is 48.1. The van der Waals surface area contributed by atoms with Gasteiger partial charge >= 0.3 is 0 Å². The van der Waals surface area contributed by atoms with E-state index in [9.17, 15) is 19.3 Å². The summed E-state index contributed by atoms with van der Waals surface area (Å²) in [5.74, 6) is -0.490. The second-order valence-corrected chi connectivity index (χ2v) is 6.31. The van der Waals surface area contributed by atoms with Crippen molar-refractivity contribution in [1.82, 2.24) is 0 Å². The van der Waals surface area contributed by atoms with Crippen molar-refractivity contribution in [2.75, 3.05) is 0 Å². The van der Waals surface area contributed by atoms with E-state index in [0.29, 0.717) is 34.3 Å². The van der Waals surface area contributed by atoms with E-state index in [1.165, 1.54) is 6.07 Å². The number of hydrogen-bond donors (Lipinski definition) is 0. The van der Waals surface area contributed by atoms with E-state index in [-0.39, 0.29) is 22.4 Å². The summed E-state index contributed by atoms with van der Waals surface area (Å²) >= 11 is 0. The molecule has 0 spiro atoms. The molecule has 0 amide bonds. The zero-order valence-corrected chi connectivity index (χ0v) is 14.6. The molecule has 0 aliphatic carbocycles. The van der Waals surface area contributed by atoms with Crippen LogP contribution in [0, 0.1) is 4.91 Å². The van der Waals surface area contributed by atoms with Crippen molar-refractivity contribution in [2.24, 2.45) is 5.18 Å². The molecule has 0 saturated heterocycles. The van der Waals surface area contributed by atoms with Gasteiger partial charge in [0.15, 0.2) is 18.4 Å². The molecule has 0 unspecified atom stereocenters. The summed E-state index contributed by atoms with van der Waals surface area (Å²) in [6.07, 6.45) is 1.19. The minimum atomic E-state index is -0.490. The van der Waals surface area contributed by atoms with Crippen LogP contribution in [-0.2, 0) is 0 Å². The number of nitrogens with zero attached hydrogens (tertiary/aromatic N) is 1. The Bertz CT molecular complexity index is 1290. The molecule has 0 bridgehead atoms. The topological polar surface area (TPSA) is 80.6 Å². The van der Waals surface area contributed by atoms with Crippen molar-refractivity contribution in [1.29, 1.82) is 0 Å². The average Bonchev–Trinajstić information content (AvgIpc) is 2.76. The average molecular weight is 367 g/mol. The molecule has 0 aliphatic heterocycles. The molecule has 5 nitrogen and oxygen atoms in total. The second-order valence-electron chi connectivity index (χ2n) is 6.31. The molecule has 0 atom stereocenters. The SMILES string of the molecule is O=Cc1cc(C=O)c2ccccc2c1C(=O)c1ccc2ccccc2c1N=O. The maximum absolute atomic E-state index is 13.4. The second kappa shape index (κ2) is 6.96. The van der Waals surface area contributed by atoms with Crippen LogP contribution in [0.1, 0.15) is 36.6 Å². The Labute approximate surface area is 159 Å². The molecule has 0 aromatic heterocycles. The van der Waals surface area contributed by atoms with E-state index in [1.807, 2.05) is 12.1 Å². The largest absolute Gasteiger partial charge is 0.298 e. The first-order valence-electron chi connectivity index (χ1n) is 8.55. The highest BCUT2D eigenvalue weighted by atomic mass is 16.3. The third-order valence-corrected chi connectivity index (χ3v) is 4.82. The number of fused-ring (bicyclic) bond motifs is 2. The number of rotatable bonds is 5. The summed E-state index contributed by atoms with van der Waals surface area (Å²) < 4.78 is 0. The van der Waals surface area contributed by atoms with Gasteiger partial charge in [-0.2, -0.15) is 0 Å². The minimum Gasteiger partial charge on any atom is -0.298 e. The standard InChI is InChI=1S/C23H13NO4/c25-12-15-11-16(13-26)21(19-8-4-3-6-17(15)19)23(27)20-10-9-14-5-1-2-7-18(14)22(20)24-28/h1-13H. The highest BCUT2D eigenvalue weighted by Gasteiger charge is 2.23. The van der Waals surface area contributed by atoms with Gasteiger partial charge in [-0.25, -0.2) is 0 Å². The third-order valence-electron chi connectivity index (χ3n) is 4.82. The van der Waals surface area contributed by atoms with E-state index in [0.717, 1.165) is 5.39 Å². The number of hydrogen-bond acceptors (Lipinski definition) is 5. The monoisotopic (exact) mass is 367 g/mol. The summed E-state index contributed by atoms with van der Waals surface area (Å²) in [5.41, 5.74) is 0.706. The molecule has 0 radical (unpaired) electrons. The number of benzene rings is 4. The lowest BCUT2D eigenvalue weighted by Gasteiger charge is -2.12. The minimum absolute atomic E-state index is 0.0310. The van der Waals surface area contributed by atoms with Gasteiger partial charge in [0.25, 0.3) is 0 Å². The molecule has 0 heterocycles. The molecule has 4 aromatic carbocycles. The quantitative estimate of drug-likeness (QED) is 0.274. The molecule has 0 fully saturated rings. The van der Waals surface area contributed by atoms with Gasteiger partial charge in [-0.3, -0.25) is 14.4 Å². The predicted octanol–water partition coefficient (Wildman–Crippen LogP) is 5.25. The molecule has 28 heavy (non-hydrogen) atoms. The summed E-state index contributed by atoms with van der Waals surface area (Å²) in [6, 6.07) is 18.7. The predicted molar refractivity (Wildman–Crippen MR) is 108 cm³/mol. The molecule has 4 aromatic rings. The van der Waals surface area contributed by atoms with Gasteiger partial charge < -0.3 is 0 Å². The fraction of sp³-hybridized carbons (Fsp3) is 0. The van der Waals surface area contributed by atoms with E-state index < -0.39 is 5.78 Å². The van der Waals surface area contributed by atoms with Crippen molar-refractivity contribution >= 4 is 45.6 Å². The van der Waals surface area contributed by atoms with Gasteiger partial charge in [0.2, 0.25) is 0 Å². The van der Waals surface area contributed by atoms with Gasteiger partial charge in [0.1, 0.15) is 5.69 Å². The first-order chi connectivity index (χ1) is 13.7. The molecule has 0 aliphatic rings. The fourth-order valence-electron chi connectivity index (χ4n) is 3.54. The highest BCUT2D eigenvalue weighted by Crippen LogP contribution is 2.34. The van der Waals surface area contributed by atoms with Crippen LogP contribution in [0.5, 0.6) is 0 Å². The molecule has 5 heteroatoms. The lowest BCUT2D eigenvalue weighted by molar-refractivity contribution is 0.103. The fourth-order valence-corrected chi connectivity index (χ4v) is 3.54. The lowest BCUT2D eigenvalue weighted by Crippen LogP contribution is -2.08. The van der Waals surface area contributed by atoms with Crippen molar-refractivity contribution < 1.29 is 14.4 Å². The molecular weight excluding hydrogens is 354 g/mol. The van der Waals surface area contributed by atoms with Crippen LogP contribution < -0.4 is 0 Å². The van der Waals surface area contributed by atoms with Gasteiger partial charge in [-0.1, -0.05) is 54.6 Å². The Hall–Kier alpha value is -3.99. The van der Waals surface area contributed by atoms with Crippen LogP contribution in [0.15, 0.2) is 71.9 Å². The summed E-state index contributed by atoms with van der Waals surface area (Å²) in [6.45, 7) is 0. The Balaban J connectivity index is 2.06. The maximum atomic E-state index is 13.4. The Kier molecular flexibility index (Phi) is 4.33. The van der Waals surface area contributed by atoms with Gasteiger partial charge in [0.05, 0.1) is 5.56 Å². The van der Waals surface area contributed by atoms with Crippen molar-refractivity contribution in [2.45, 2.75) is 0 Å². The third kappa shape index (κ3) is 2.61. The van der Waals surface area contributed by atoms with Crippen LogP contribution in [0.25, 0.3) is 21.5 Å². The van der Waals surface area contributed by atoms with E-state index in [1.54, 1.807) is 48.5 Å². The molecule has 0 saturated carbocycles. The molecule has 4 rings (SSSR count). The Morgan fingerprint density at radius 3 is 2.07 bits per heavy atom. The number of nitroso groups, excluding NO2 is 1. The van der Waals surface area contributed by atoms with Crippen LogP contribution in [0.2, 0.25) is 0 Å². The van der Waals surface area contributed by atoms with Crippen molar-refractivity contribution in [3.63, 3.8) is 0 Å².